The number of hydrogen-bond acceptors (Lipinski definition) is 5. The van der Waals surface area contributed by atoms with E-state index in [1.54, 1.807) is 12.1 Å². The Morgan fingerprint density at radius 1 is 1.29 bits per heavy atom. The minimum atomic E-state index is -3.46. The highest BCUT2D eigenvalue weighted by Crippen LogP contribution is 2.32. The Labute approximate surface area is 132 Å². The first-order valence-corrected chi connectivity index (χ1v) is 9.67. The third-order valence-corrected chi connectivity index (χ3v) is 6.93. The Morgan fingerprint density at radius 3 is 2.38 bits per heavy atom. The van der Waals surface area contributed by atoms with Crippen molar-refractivity contribution in [3.05, 3.63) is 18.2 Å². The fraction of sp³-hybridized carbons (Fsp3) is 0.571. The van der Waals surface area contributed by atoms with Crippen LogP contribution in [-0.4, -0.2) is 33.0 Å². The van der Waals surface area contributed by atoms with E-state index in [2.05, 4.69) is 30.1 Å². The highest BCUT2D eigenvalue weighted by molar-refractivity contribution is 8.00. The van der Waals surface area contributed by atoms with E-state index in [1.807, 2.05) is 11.8 Å². The predicted molar refractivity (Wildman–Crippen MR) is 92.4 cm³/mol. The van der Waals surface area contributed by atoms with E-state index < -0.39 is 10.0 Å². The fourth-order valence-corrected chi connectivity index (χ4v) is 3.64. The van der Waals surface area contributed by atoms with E-state index in [0.717, 1.165) is 19.4 Å². The molecule has 0 heterocycles. The van der Waals surface area contributed by atoms with Gasteiger partial charge in [-0.2, -0.15) is 11.8 Å². The summed E-state index contributed by atoms with van der Waals surface area (Å²) < 4.78 is 26.1. The van der Waals surface area contributed by atoms with Crippen LogP contribution >= 0.6 is 11.8 Å². The fourth-order valence-electron chi connectivity index (χ4n) is 2.09. The zero-order valence-electron chi connectivity index (χ0n) is 13.1. The Kier molecular flexibility index (Phi) is 6.37. The van der Waals surface area contributed by atoms with Gasteiger partial charge in [0, 0.05) is 11.3 Å². The van der Waals surface area contributed by atoms with Crippen LogP contribution in [0.15, 0.2) is 23.1 Å². The molecule has 0 aliphatic heterocycles. The second-order valence-corrected chi connectivity index (χ2v) is 8.07. The van der Waals surface area contributed by atoms with Crippen LogP contribution in [0.1, 0.15) is 26.7 Å². The van der Waals surface area contributed by atoms with Crippen LogP contribution in [0.25, 0.3) is 0 Å². The van der Waals surface area contributed by atoms with Crippen molar-refractivity contribution in [1.82, 2.24) is 4.72 Å². The molecule has 0 saturated heterocycles. The standard InChI is InChI=1S/C14H25N3O2S2/c1-5-14(6-2,20-4)10-17-13-9-11(7-8-12(13)15)21(18,19)16-3/h7-9,16-17H,5-6,10,15H2,1-4H3. The molecule has 4 N–H and O–H groups in total. The monoisotopic (exact) mass is 331 g/mol. The number of nitrogens with one attached hydrogen (secondary N) is 2. The molecule has 0 atom stereocenters. The molecule has 0 bridgehead atoms. The number of nitrogens with two attached hydrogens (primary N) is 1. The van der Waals surface area contributed by atoms with Crippen LogP contribution in [-0.2, 0) is 10.0 Å². The van der Waals surface area contributed by atoms with Gasteiger partial charge in [0.05, 0.1) is 16.3 Å². The highest BCUT2D eigenvalue weighted by Gasteiger charge is 2.25. The van der Waals surface area contributed by atoms with Crippen molar-refractivity contribution in [2.45, 2.75) is 36.3 Å². The maximum atomic E-state index is 11.9. The zero-order valence-corrected chi connectivity index (χ0v) is 14.7. The number of thioether (sulfide) groups is 1. The Balaban J connectivity index is 3.01. The number of benzene rings is 1. The molecule has 0 spiro atoms. The van der Waals surface area contributed by atoms with Crippen LogP contribution in [0, 0.1) is 0 Å². The van der Waals surface area contributed by atoms with Gasteiger partial charge in [0.1, 0.15) is 0 Å². The molecular formula is C14H25N3O2S2. The molecule has 0 aliphatic rings. The van der Waals surface area contributed by atoms with Gasteiger partial charge in [0.15, 0.2) is 0 Å². The van der Waals surface area contributed by atoms with Gasteiger partial charge in [-0.3, -0.25) is 0 Å². The van der Waals surface area contributed by atoms with Crippen molar-refractivity contribution < 1.29 is 8.42 Å². The van der Waals surface area contributed by atoms with Gasteiger partial charge in [-0.15, -0.1) is 0 Å². The van der Waals surface area contributed by atoms with Crippen molar-refractivity contribution in [1.29, 1.82) is 0 Å². The lowest BCUT2D eigenvalue weighted by atomic mass is 10.0. The van der Waals surface area contributed by atoms with Crippen molar-refractivity contribution in [3.63, 3.8) is 0 Å². The van der Waals surface area contributed by atoms with Crippen molar-refractivity contribution in [2.24, 2.45) is 0 Å². The first kappa shape index (κ1) is 18.1. The molecule has 0 unspecified atom stereocenters. The summed E-state index contributed by atoms with van der Waals surface area (Å²) in [5.41, 5.74) is 7.15. The number of sulfonamides is 1. The summed E-state index contributed by atoms with van der Waals surface area (Å²) in [5, 5.41) is 3.31. The van der Waals surface area contributed by atoms with Gasteiger partial charge in [-0.25, -0.2) is 13.1 Å². The molecule has 0 aromatic heterocycles. The molecular weight excluding hydrogens is 306 g/mol. The van der Waals surface area contributed by atoms with Crippen molar-refractivity contribution >= 4 is 33.2 Å². The average molecular weight is 332 g/mol. The lowest BCUT2D eigenvalue weighted by molar-refractivity contribution is 0.574. The van der Waals surface area contributed by atoms with Gasteiger partial charge in [-0.05, 0) is 44.3 Å². The molecule has 1 aromatic carbocycles. The minimum absolute atomic E-state index is 0.129. The summed E-state index contributed by atoms with van der Waals surface area (Å²) in [6, 6.07) is 4.70. The summed E-state index contributed by atoms with van der Waals surface area (Å²) in [5.74, 6) is 0. The zero-order chi connectivity index (χ0) is 16.1. The van der Waals surface area contributed by atoms with Crippen LogP contribution in [0.2, 0.25) is 0 Å². The largest absolute Gasteiger partial charge is 0.397 e. The molecule has 0 aliphatic carbocycles. The number of rotatable bonds is 8. The first-order chi connectivity index (χ1) is 9.84. The lowest BCUT2D eigenvalue weighted by Crippen LogP contribution is -2.32. The second kappa shape index (κ2) is 7.38. The maximum Gasteiger partial charge on any atom is 0.240 e. The Bertz CT molecular complexity index is 561. The average Bonchev–Trinajstić information content (AvgIpc) is 2.50. The Hall–Kier alpha value is -0.920. The van der Waals surface area contributed by atoms with Crippen molar-refractivity contribution in [2.75, 3.05) is 30.9 Å². The molecule has 0 saturated carbocycles. The molecule has 1 rings (SSSR count). The first-order valence-electron chi connectivity index (χ1n) is 6.96. The van der Waals surface area contributed by atoms with E-state index in [0.29, 0.717) is 11.4 Å². The third-order valence-electron chi connectivity index (χ3n) is 3.93. The summed E-state index contributed by atoms with van der Waals surface area (Å²) in [6.45, 7) is 5.06. The summed E-state index contributed by atoms with van der Waals surface area (Å²) in [7, 11) is -2.06. The van der Waals surface area contributed by atoms with Gasteiger partial charge in [-0.1, -0.05) is 13.8 Å². The van der Waals surface area contributed by atoms with Crippen LogP contribution in [0.5, 0.6) is 0 Å². The molecule has 0 amide bonds. The van der Waals surface area contributed by atoms with E-state index in [-0.39, 0.29) is 9.64 Å². The minimum Gasteiger partial charge on any atom is -0.397 e. The van der Waals surface area contributed by atoms with Crippen molar-refractivity contribution in [3.8, 4) is 0 Å². The molecule has 120 valence electrons. The molecule has 5 nitrogen and oxygen atoms in total. The quantitative estimate of drug-likeness (QED) is 0.637. The topological polar surface area (TPSA) is 84.2 Å². The smallest absolute Gasteiger partial charge is 0.240 e. The summed E-state index contributed by atoms with van der Waals surface area (Å²) in [6.07, 6.45) is 4.16. The molecule has 0 fully saturated rings. The number of hydrogen-bond donors (Lipinski definition) is 3. The lowest BCUT2D eigenvalue weighted by Gasteiger charge is -2.30. The third kappa shape index (κ3) is 4.28. The molecule has 7 heteroatoms. The van der Waals surface area contributed by atoms with Gasteiger partial charge in [0.2, 0.25) is 10.0 Å². The van der Waals surface area contributed by atoms with Gasteiger partial charge < -0.3 is 11.1 Å². The van der Waals surface area contributed by atoms with Crippen LogP contribution in [0.3, 0.4) is 0 Å². The van der Waals surface area contributed by atoms with E-state index in [1.165, 1.54) is 13.1 Å². The summed E-state index contributed by atoms with van der Waals surface area (Å²) in [4.78, 5) is 0.212. The van der Waals surface area contributed by atoms with Gasteiger partial charge in [0.25, 0.3) is 0 Å². The number of nitrogen functional groups attached to an aromatic ring is 1. The van der Waals surface area contributed by atoms with Crippen LogP contribution in [0.4, 0.5) is 11.4 Å². The normalized spacial score (nSPS) is 12.4. The molecule has 21 heavy (non-hydrogen) atoms. The highest BCUT2D eigenvalue weighted by atomic mass is 32.2. The molecule has 1 aromatic rings. The van der Waals surface area contributed by atoms with E-state index >= 15 is 0 Å². The molecule has 0 radical (unpaired) electrons. The number of anilines is 2. The SMILES string of the molecule is CCC(CC)(CNc1cc(S(=O)(=O)NC)ccc1N)SC. The predicted octanol–water partition coefficient (Wildman–Crippen LogP) is 2.51. The maximum absolute atomic E-state index is 11.9. The van der Waals surface area contributed by atoms with E-state index in [9.17, 15) is 8.42 Å². The van der Waals surface area contributed by atoms with E-state index in [4.69, 9.17) is 5.73 Å². The van der Waals surface area contributed by atoms with Crippen LogP contribution < -0.4 is 15.8 Å². The van der Waals surface area contributed by atoms with Gasteiger partial charge >= 0.3 is 0 Å². The Morgan fingerprint density at radius 2 is 1.90 bits per heavy atom. The summed E-state index contributed by atoms with van der Waals surface area (Å²) >= 11 is 1.82. The second-order valence-electron chi connectivity index (χ2n) is 4.90.